The van der Waals surface area contributed by atoms with Gasteiger partial charge in [0.25, 0.3) is 5.69 Å². The van der Waals surface area contributed by atoms with Crippen molar-refractivity contribution in [3.8, 4) is 11.1 Å². The SMILES string of the molecule is CCOC(=O)c1c(-c2ccc([N+](=O)[O-])cc2)c2nc3c(nn2c1C)CCCC3. The van der Waals surface area contributed by atoms with Gasteiger partial charge in [0.1, 0.15) is 0 Å². The van der Waals surface area contributed by atoms with E-state index in [9.17, 15) is 14.9 Å². The number of aromatic nitrogens is 3. The van der Waals surface area contributed by atoms with Crippen LogP contribution in [0.4, 0.5) is 5.69 Å². The van der Waals surface area contributed by atoms with Crippen LogP contribution in [0.2, 0.25) is 0 Å². The van der Waals surface area contributed by atoms with Gasteiger partial charge in [-0.1, -0.05) is 0 Å². The number of ether oxygens (including phenoxy) is 1. The molecule has 144 valence electrons. The number of aryl methyl sites for hydroxylation is 3. The maximum absolute atomic E-state index is 12.7. The summed E-state index contributed by atoms with van der Waals surface area (Å²) in [6.07, 6.45) is 3.87. The van der Waals surface area contributed by atoms with Gasteiger partial charge < -0.3 is 4.74 Å². The molecule has 8 nitrogen and oxygen atoms in total. The first kappa shape index (κ1) is 18.1. The van der Waals surface area contributed by atoms with Crippen LogP contribution in [0, 0.1) is 17.0 Å². The molecule has 8 heteroatoms. The van der Waals surface area contributed by atoms with Crippen molar-refractivity contribution in [3.63, 3.8) is 0 Å². The van der Waals surface area contributed by atoms with Crippen LogP contribution >= 0.6 is 0 Å². The normalized spacial score (nSPS) is 13.4. The summed E-state index contributed by atoms with van der Waals surface area (Å²) < 4.78 is 6.97. The highest BCUT2D eigenvalue weighted by Crippen LogP contribution is 2.34. The standard InChI is InChI=1S/C20H20N4O4/c1-3-28-20(25)17-12(2)23-19(21-15-6-4-5-7-16(15)22-23)18(17)13-8-10-14(11-9-13)24(26)27/h8-11H,3-7H2,1-2H3. The zero-order valence-electron chi connectivity index (χ0n) is 15.8. The predicted octanol–water partition coefficient (Wildman–Crippen LogP) is 3.67. The highest BCUT2D eigenvalue weighted by atomic mass is 16.6. The molecule has 4 rings (SSSR count). The van der Waals surface area contributed by atoms with Gasteiger partial charge in [-0.2, -0.15) is 5.10 Å². The Morgan fingerprint density at radius 1 is 1.21 bits per heavy atom. The zero-order valence-corrected chi connectivity index (χ0v) is 15.8. The summed E-state index contributed by atoms with van der Waals surface area (Å²) in [5.41, 5.74) is 4.81. The molecule has 0 N–H and O–H groups in total. The molecular formula is C20H20N4O4. The third kappa shape index (κ3) is 2.90. The summed E-state index contributed by atoms with van der Waals surface area (Å²) in [7, 11) is 0. The molecule has 0 saturated carbocycles. The molecule has 2 aromatic heterocycles. The van der Waals surface area contributed by atoms with E-state index >= 15 is 0 Å². The van der Waals surface area contributed by atoms with E-state index in [1.165, 1.54) is 12.1 Å². The summed E-state index contributed by atoms with van der Waals surface area (Å²) in [6, 6.07) is 6.12. The van der Waals surface area contributed by atoms with Gasteiger partial charge in [0, 0.05) is 17.7 Å². The minimum atomic E-state index is -0.449. The van der Waals surface area contributed by atoms with Crippen LogP contribution in [-0.4, -0.2) is 32.1 Å². The second-order valence-corrected chi connectivity index (χ2v) is 6.81. The number of hydrogen-bond acceptors (Lipinski definition) is 6. The van der Waals surface area contributed by atoms with Crippen molar-refractivity contribution in [2.45, 2.75) is 39.5 Å². The topological polar surface area (TPSA) is 99.6 Å². The third-order valence-electron chi connectivity index (χ3n) is 5.07. The van der Waals surface area contributed by atoms with Crippen LogP contribution in [0.15, 0.2) is 24.3 Å². The lowest BCUT2D eigenvalue weighted by molar-refractivity contribution is -0.384. The highest BCUT2D eigenvalue weighted by Gasteiger charge is 2.27. The predicted molar refractivity (Wildman–Crippen MR) is 102 cm³/mol. The van der Waals surface area contributed by atoms with Crippen LogP contribution in [0.5, 0.6) is 0 Å². The Morgan fingerprint density at radius 2 is 1.89 bits per heavy atom. The second kappa shape index (κ2) is 7.03. The lowest BCUT2D eigenvalue weighted by Crippen LogP contribution is -2.12. The van der Waals surface area contributed by atoms with Crippen molar-refractivity contribution in [1.82, 2.24) is 14.6 Å². The third-order valence-corrected chi connectivity index (χ3v) is 5.07. The first-order chi connectivity index (χ1) is 13.5. The van der Waals surface area contributed by atoms with Crippen molar-refractivity contribution in [2.24, 2.45) is 0 Å². The van der Waals surface area contributed by atoms with Gasteiger partial charge in [0.15, 0.2) is 5.65 Å². The van der Waals surface area contributed by atoms with E-state index in [2.05, 4.69) is 0 Å². The fourth-order valence-corrected chi connectivity index (χ4v) is 3.72. The van der Waals surface area contributed by atoms with E-state index in [0.717, 1.165) is 37.1 Å². The Morgan fingerprint density at radius 3 is 2.54 bits per heavy atom. The van der Waals surface area contributed by atoms with Crippen molar-refractivity contribution >= 4 is 17.3 Å². The Balaban J connectivity index is 1.99. The molecule has 0 aliphatic heterocycles. The van der Waals surface area contributed by atoms with E-state index in [4.69, 9.17) is 14.8 Å². The fourth-order valence-electron chi connectivity index (χ4n) is 3.72. The maximum atomic E-state index is 12.7. The molecule has 1 aromatic carbocycles. The van der Waals surface area contributed by atoms with Gasteiger partial charge in [-0.15, -0.1) is 0 Å². The number of carbonyl (C=O) groups excluding carboxylic acids is 1. The first-order valence-corrected chi connectivity index (χ1v) is 9.34. The highest BCUT2D eigenvalue weighted by molar-refractivity contribution is 6.03. The van der Waals surface area contributed by atoms with E-state index in [-0.39, 0.29) is 12.3 Å². The average molecular weight is 380 g/mol. The number of fused-ring (bicyclic) bond motifs is 2. The number of non-ortho nitro benzene ring substituents is 1. The summed E-state index contributed by atoms with van der Waals surface area (Å²) >= 11 is 0. The monoisotopic (exact) mass is 380 g/mol. The van der Waals surface area contributed by atoms with Crippen molar-refractivity contribution < 1.29 is 14.5 Å². The lowest BCUT2D eigenvalue weighted by Gasteiger charge is -2.14. The van der Waals surface area contributed by atoms with Crippen LogP contribution in [-0.2, 0) is 17.6 Å². The molecule has 0 atom stereocenters. The molecule has 0 saturated heterocycles. The van der Waals surface area contributed by atoms with Gasteiger partial charge in [-0.05, 0) is 57.2 Å². The Labute approximate surface area is 161 Å². The molecule has 0 fully saturated rings. The van der Waals surface area contributed by atoms with Crippen LogP contribution < -0.4 is 0 Å². The minimum Gasteiger partial charge on any atom is -0.462 e. The molecule has 0 unspecified atom stereocenters. The van der Waals surface area contributed by atoms with Gasteiger partial charge in [0.05, 0.1) is 34.2 Å². The summed E-state index contributed by atoms with van der Waals surface area (Å²) in [5, 5.41) is 15.7. The zero-order chi connectivity index (χ0) is 19.8. The Kier molecular flexibility index (Phi) is 4.54. The molecule has 0 spiro atoms. The van der Waals surface area contributed by atoms with E-state index in [1.807, 2.05) is 6.92 Å². The Hall–Kier alpha value is -3.29. The number of rotatable bonds is 4. The number of carbonyl (C=O) groups is 1. The van der Waals surface area contributed by atoms with Crippen LogP contribution in [0.3, 0.4) is 0 Å². The lowest BCUT2D eigenvalue weighted by atomic mass is 10.0. The quantitative estimate of drug-likeness (QED) is 0.389. The van der Waals surface area contributed by atoms with Gasteiger partial charge in [-0.25, -0.2) is 14.3 Å². The van der Waals surface area contributed by atoms with E-state index in [1.54, 1.807) is 23.6 Å². The summed E-state index contributed by atoms with van der Waals surface area (Å²) in [6.45, 7) is 3.82. The summed E-state index contributed by atoms with van der Waals surface area (Å²) in [5.74, 6) is -0.446. The van der Waals surface area contributed by atoms with E-state index < -0.39 is 10.9 Å². The number of esters is 1. The molecular weight excluding hydrogens is 360 g/mol. The largest absolute Gasteiger partial charge is 0.462 e. The molecule has 0 radical (unpaired) electrons. The summed E-state index contributed by atoms with van der Waals surface area (Å²) in [4.78, 5) is 28.1. The number of hydrogen-bond donors (Lipinski definition) is 0. The molecule has 28 heavy (non-hydrogen) atoms. The van der Waals surface area contributed by atoms with E-state index in [0.29, 0.717) is 28.0 Å². The number of benzene rings is 1. The molecule has 0 amide bonds. The number of nitrogens with zero attached hydrogens (tertiary/aromatic N) is 4. The molecule has 0 bridgehead atoms. The smallest absolute Gasteiger partial charge is 0.340 e. The first-order valence-electron chi connectivity index (χ1n) is 9.34. The van der Waals surface area contributed by atoms with Gasteiger partial charge >= 0.3 is 5.97 Å². The molecule has 1 aliphatic carbocycles. The molecule has 1 aliphatic rings. The molecule has 3 aromatic rings. The van der Waals surface area contributed by atoms with Crippen molar-refractivity contribution in [1.29, 1.82) is 0 Å². The van der Waals surface area contributed by atoms with Crippen molar-refractivity contribution in [3.05, 3.63) is 57.0 Å². The van der Waals surface area contributed by atoms with Crippen LogP contribution in [0.1, 0.15) is 47.2 Å². The second-order valence-electron chi connectivity index (χ2n) is 6.81. The number of nitro benzene ring substituents is 1. The van der Waals surface area contributed by atoms with Crippen molar-refractivity contribution in [2.75, 3.05) is 6.61 Å². The molecule has 2 heterocycles. The Bertz CT molecular complexity index is 1090. The average Bonchev–Trinajstić information content (AvgIpc) is 2.98. The van der Waals surface area contributed by atoms with Gasteiger partial charge in [-0.3, -0.25) is 10.1 Å². The van der Waals surface area contributed by atoms with Crippen LogP contribution in [0.25, 0.3) is 16.8 Å². The number of nitro groups is 1. The maximum Gasteiger partial charge on any atom is 0.340 e. The van der Waals surface area contributed by atoms with Gasteiger partial charge in [0.2, 0.25) is 0 Å². The fraction of sp³-hybridized carbons (Fsp3) is 0.350. The minimum absolute atomic E-state index is 0.00913.